The number of alkyl carbamates (subject to hydrolysis) is 1. The minimum Gasteiger partial charge on any atom is -0.444 e. The minimum absolute atomic E-state index is 0.0612. The first-order chi connectivity index (χ1) is 14.7. The highest BCUT2D eigenvalue weighted by molar-refractivity contribution is 6.30. The van der Waals surface area contributed by atoms with Crippen LogP contribution in [-0.2, 0) is 4.74 Å². The molecular weight excluding hydrogens is 420 g/mol. The molecule has 0 radical (unpaired) electrons. The Morgan fingerprint density at radius 2 is 1.81 bits per heavy atom. The molecule has 0 aliphatic carbocycles. The summed E-state index contributed by atoms with van der Waals surface area (Å²) in [6, 6.07) is 10.8. The Kier molecular flexibility index (Phi) is 6.91. The van der Waals surface area contributed by atoms with E-state index in [1.807, 2.05) is 0 Å². The van der Waals surface area contributed by atoms with Gasteiger partial charge in [0, 0.05) is 41.2 Å². The van der Waals surface area contributed by atoms with E-state index in [9.17, 15) is 9.59 Å². The van der Waals surface area contributed by atoms with Crippen molar-refractivity contribution in [2.24, 2.45) is 0 Å². The predicted octanol–water partition coefficient (Wildman–Crippen LogP) is 4.58. The van der Waals surface area contributed by atoms with Gasteiger partial charge in [-0.15, -0.1) is 0 Å². The van der Waals surface area contributed by atoms with Crippen molar-refractivity contribution in [3.8, 4) is 11.3 Å². The summed E-state index contributed by atoms with van der Waals surface area (Å²) in [4.78, 5) is 29.3. The van der Waals surface area contributed by atoms with E-state index >= 15 is 0 Å². The third-order valence-corrected chi connectivity index (χ3v) is 4.35. The van der Waals surface area contributed by atoms with Gasteiger partial charge >= 0.3 is 6.09 Å². The molecule has 1 aromatic carbocycles. The van der Waals surface area contributed by atoms with Crippen LogP contribution in [0.2, 0.25) is 5.02 Å². The Morgan fingerprint density at radius 1 is 1.13 bits per heavy atom. The number of ketones is 1. The van der Waals surface area contributed by atoms with E-state index in [2.05, 4.69) is 20.8 Å². The third-order valence-electron chi connectivity index (χ3n) is 4.10. The summed E-state index contributed by atoms with van der Waals surface area (Å²) >= 11 is 5.91. The molecule has 0 aliphatic heterocycles. The summed E-state index contributed by atoms with van der Waals surface area (Å²) in [7, 11) is 0. The maximum Gasteiger partial charge on any atom is 0.408 e. The van der Waals surface area contributed by atoms with Crippen LogP contribution in [-0.4, -0.2) is 40.2 Å². The van der Waals surface area contributed by atoms with Gasteiger partial charge in [-0.1, -0.05) is 16.8 Å². The number of rotatable bonds is 7. The second kappa shape index (κ2) is 9.61. The van der Waals surface area contributed by atoms with Crippen LogP contribution in [0.1, 0.15) is 31.1 Å². The number of halogens is 1. The second-order valence-corrected chi connectivity index (χ2v) is 8.20. The van der Waals surface area contributed by atoms with Crippen LogP contribution in [0.3, 0.4) is 0 Å². The van der Waals surface area contributed by atoms with Crippen LogP contribution in [0.25, 0.3) is 11.3 Å². The molecule has 31 heavy (non-hydrogen) atoms. The number of Topliss-reactive ketones (excluding diaryl/α,β-unsaturated/α-hetero) is 1. The molecular formula is C22H23ClN4O4. The molecule has 2 heterocycles. The maximum absolute atomic E-state index is 13.0. The average molecular weight is 443 g/mol. The maximum atomic E-state index is 13.0. The van der Waals surface area contributed by atoms with Gasteiger partial charge in [0.1, 0.15) is 17.3 Å². The van der Waals surface area contributed by atoms with Gasteiger partial charge in [-0.05, 0) is 57.2 Å². The van der Waals surface area contributed by atoms with E-state index in [0.29, 0.717) is 22.2 Å². The summed E-state index contributed by atoms with van der Waals surface area (Å²) in [5.41, 5.74) is 1.16. The largest absolute Gasteiger partial charge is 0.444 e. The van der Waals surface area contributed by atoms with Crippen LogP contribution < -0.4 is 10.6 Å². The van der Waals surface area contributed by atoms with Crippen molar-refractivity contribution in [1.29, 1.82) is 0 Å². The quantitative estimate of drug-likeness (QED) is 0.516. The molecule has 0 saturated carbocycles. The van der Waals surface area contributed by atoms with Crippen molar-refractivity contribution in [2.75, 3.05) is 11.9 Å². The Morgan fingerprint density at radius 3 is 2.45 bits per heavy atom. The van der Waals surface area contributed by atoms with Crippen molar-refractivity contribution in [3.05, 3.63) is 65.4 Å². The fourth-order valence-electron chi connectivity index (χ4n) is 2.69. The molecule has 9 heteroatoms. The van der Waals surface area contributed by atoms with Gasteiger partial charge in [0.15, 0.2) is 5.78 Å². The normalized spacial score (nSPS) is 12.1. The topological polar surface area (TPSA) is 106 Å². The smallest absolute Gasteiger partial charge is 0.408 e. The van der Waals surface area contributed by atoms with Crippen LogP contribution in [0.4, 0.5) is 10.7 Å². The molecule has 0 aliphatic rings. The van der Waals surface area contributed by atoms with E-state index in [1.165, 1.54) is 0 Å². The first-order valence-electron chi connectivity index (χ1n) is 9.61. The minimum atomic E-state index is -0.912. The lowest BCUT2D eigenvalue weighted by molar-refractivity contribution is 0.0495. The molecule has 0 saturated heterocycles. The Hall–Kier alpha value is -3.39. The fraction of sp³-hybridized carbons (Fsp3) is 0.273. The van der Waals surface area contributed by atoms with Crippen LogP contribution in [0, 0.1) is 0 Å². The number of carbonyl (C=O) groups is 2. The predicted molar refractivity (Wildman–Crippen MR) is 117 cm³/mol. The number of pyridine rings is 1. The molecule has 0 fully saturated rings. The zero-order chi connectivity index (χ0) is 22.4. The highest BCUT2D eigenvalue weighted by Gasteiger charge is 2.25. The van der Waals surface area contributed by atoms with Crippen LogP contribution in [0.15, 0.2) is 59.4 Å². The van der Waals surface area contributed by atoms with Gasteiger partial charge in [-0.3, -0.25) is 9.78 Å². The number of nitrogens with one attached hydrogen (secondary N) is 2. The molecule has 0 bridgehead atoms. The molecule has 3 rings (SSSR count). The molecule has 1 atom stereocenters. The molecule has 1 amide bonds. The molecule has 162 valence electrons. The zero-order valence-electron chi connectivity index (χ0n) is 17.4. The fourth-order valence-corrected chi connectivity index (χ4v) is 2.82. The van der Waals surface area contributed by atoms with Crippen molar-refractivity contribution in [1.82, 2.24) is 15.5 Å². The van der Waals surface area contributed by atoms with E-state index in [0.717, 1.165) is 5.56 Å². The van der Waals surface area contributed by atoms with Gasteiger partial charge in [0.25, 0.3) is 0 Å². The van der Waals surface area contributed by atoms with Crippen LogP contribution in [0.5, 0.6) is 0 Å². The van der Waals surface area contributed by atoms with Gasteiger partial charge in [0.05, 0.1) is 0 Å². The third kappa shape index (κ3) is 6.55. The molecule has 0 spiro atoms. The number of anilines is 1. The standard InChI is InChI=1S/C22H23ClN4O4/c1-22(2,3)30-21(29)26-18(20(28)15-4-6-16(23)7-5-15)13-25-19-12-17(27-31-19)14-8-10-24-11-9-14/h4-12,18,25H,13H2,1-3H3,(H,26,29). The van der Waals surface area contributed by atoms with E-state index < -0.39 is 17.7 Å². The lowest BCUT2D eigenvalue weighted by Crippen LogP contribution is -2.47. The summed E-state index contributed by atoms with van der Waals surface area (Å²) in [6.45, 7) is 5.30. The zero-order valence-corrected chi connectivity index (χ0v) is 18.1. The van der Waals surface area contributed by atoms with Crippen molar-refractivity contribution < 1.29 is 18.8 Å². The summed E-state index contributed by atoms with van der Waals surface area (Å²) in [5.74, 6) is 0.0515. The lowest BCUT2D eigenvalue weighted by Gasteiger charge is -2.23. The first-order valence-corrected chi connectivity index (χ1v) is 9.99. The number of nitrogens with zero attached hydrogens (tertiary/aromatic N) is 2. The number of carbonyl (C=O) groups excluding carboxylic acids is 2. The van der Waals surface area contributed by atoms with E-state index in [1.54, 1.807) is 75.6 Å². The van der Waals surface area contributed by atoms with E-state index in [4.69, 9.17) is 20.9 Å². The first kappa shape index (κ1) is 22.3. The molecule has 2 N–H and O–H groups in total. The lowest BCUT2D eigenvalue weighted by atomic mass is 10.0. The SMILES string of the molecule is CC(C)(C)OC(=O)NC(CNc1cc(-c2ccncc2)no1)C(=O)c1ccc(Cl)cc1. The monoisotopic (exact) mass is 442 g/mol. The van der Waals surface area contributed by atoms with Gasteiger partial charge in [-0.2, -0.15) is 0 Å². The Labute approximate surface area is 184 Å². The number of ether oxygens (including phenoxy) is 1. The van der Waals surface area contributed by atoms with Gasteiger partial charge in [-0.25, -0.2) is 4.79 Å². The number of amides is 1. The molecule has 1 unspecified atom stereocenters. The number of hydrogen-bond donors (Lipinski definition) is 2. The number of aromatic nitrogens is 2. The van der Waals surface area contributed by atoms with Crippen molar-refractivity contribution in [2.45, 2.75) is 32.4 Å². The summed E-state index contributed by atoms with van der Waals surface area (Å²) < 4.78 is 10.6. The van der Waals surface area contributed by atoms with Crippen LogP contribution >= 0.6 is 11.6 Å². The average Bonchev–Trinajstić information content (AvgIpc) is 3.19. The van der Waals surface area contributed by atoms with Crippen molar-refractivity contribution in [3.63, 3.8) is 0 Å². The summed E-state index contributed by atoms with van der Waals surface area (Å²) in [5, 5.41) is 10.1. The molecule has 3 aromatic rings. The van der Waals surface area contributed by atoms with Gasteiger partial charge in [0.2, 0.25) is 5.88 Å². The highest BCUT2D eigenvalue weighted by atomic mass is 35.5. The number of hydrogen-bond acceptors (Lipinski definition) is 7. The second-order valence-electron chi connectivity index (χ2n) is 7.76. The Bertz CT molecular complexity index is 1030. The molecule has 2 aromatic heterocycles. The van der Waals surface area contributed by atoms with Gasteiger partial charge < -0.3 is 19.9 Å². The molecule has 8 nitrogen and oxygen atoms in total. The summed E-state index contributed by atoms with van der Waals surface area (Å²) in [6.07, 6.45) is 2.61. The highest BCUT2D eigenvalue weighted by Crippen LogP contribution is 2.21. The van der Waals surface area contributed by atoms with Crippen molar-refractivity contribution >= 4 is 29.4 Å². The Balaban J connectivity index is 1.73. The number of benzene rings is 1. The van der Waals surface area contributed by atoms with E-state index in [-0.39, 0.29) is 12.3 Å².